The molecule has 1 saturated carbocycles. The minimum atomic E-state index is -3.59. The van der Waals surface area contributed by atoms with Gasteiger partial charge < -0.3 is 5.32 Å². The van der Waals surface area contributed by atoms with Crippen LogP contribution in [0, 0.1) is 0 Å². The Labute approximate surface area is 136 Å². The van der Waals surface area contributed by atoms with E-state index in [2.05, 4.69) is 31.0 Å². The number of pyridine rings is 1. The molecule has 1 fully saturated rings. The van der Waals surface area contributed by atoms with E-state index < -0.39 is 10.0 Å². The van der Waals surface area contributed by atoms with Crippen molar-refractivity contribution in [1.82, 2.24) is 10.3 Å². The molecule has 3 rings (SSSR count). The molecule has 0 unspecified atom stereocenters. The Morgan fingerprint density at radius 1 is 1.33 bits per heavy atom. The Balaban J connectivity index is 1.73. The average Bonchev–Trinajstić information content (AvgIpc) is 3.15. The molecule has 0 aromatic carbocycles. The smallest absolute Gasteiger partial charge is 0.272 e. The summed E-state index contributed by atoms with van der Waals surface area (Å²) in [4.78, 5) is 5.03. The van der Waals surface area contributed by atoms with Gasteiger partial charge in [-0.3, -0.25) is 4.72 Å². The molecule has 0 amide bonds. The van der Waals surface area contributed by atoms with Crippen LogP contribution in [0.25, 0.3) is 0 Å². The van der Waals surface area contributed by atoms with Crippen LogP contribution in [0.5, 0.6) is 0 Å². The maximum absolute atomic E-state index is 12.3. The largest absolute Gasteiger partial charge is 0.309 e. The number of hydrogen-bond donors (Lipinski definition) is 2. The second-order valence-electron chi connectivity index (χ2n) is 4.82. The predicted molar refractivity (Wildman–Crippen MR) is 86.9 cm³/mol. The monoisotopic (exact) mass is 387 g/mol. The van der Waals surface area contributed by atoms with Crippen molar-refractivity contribution in [3.05, 3.63) is 39.8 Å². The molecule has 2 aromatic heterocycles. The summed E-state index contributed by atoms with van der Waals surface area (Å²) in [5.41, 5.74) is 0. The summed E-state index contributed by atoms with van der Waals surface area (Å²) in [5, 5.41) is 3.37. The number of anilines is 1. The number of rotatable bonds is 6. The molecule has 1 aliphatic carbocycles. The molecule has 0 bridgehead atoms. The normalized spacial score (nSPS) is 15.1. The van der Waals surface area contributed by atoms with Crippen molar-refractivity contribution in [2.75, 3.05) is 4.72 Å². The molecule has 8 heteroatoms. The first-order valence-electron chi connectivity index (χ1n) is 6.50. The van der Waals surface area contributed by atoms with Crippen molar-refractivity contribution in [3.63, 3.8) is 0 Å². The lowest BCUT2D eigenvalue weighted by molar-refractivity contribution is 0.603. The topological polar surface area (TPSA) is 71.1 Å². The van der Waals surface area contributed by atoms with Gasteiger partial charge in [-0.2, -0.15) is 0 Å². The Kier molecular flexibility index (Phi) is 4.30. The maximum atomic E-state index is 12.3. The van der Waals surface area contributed by atoms with Crippen molar-refractivity contribution < 1.29 is 8.42 Å². The van der Waals surface area contributed by atoms with Crippen molar-refractivity contribution >= 4 is 43.1 Å². The maximum Gasteiger partial charge on any atom is 0.272 e. The Morgan fingerprint density at radius 3 is 2.86 bits per heavy atom. The Hall–Kier alpha value is -0.960. The molecule has 0 saturated heterocycles. The van der Waals surface area contributed by atoms with E-state index in [-0.39, 0.29) is 0 Å². The molecule has 5 nitrogen and oxygen atoms in total. The lowest BCUT2D eigenvalue weighted by atomic mass is 10.4. The fourth-order valence-corrected chi connectivity index (χ4v) is 4.59. The van der Waals surface area contributed by atoms with Crippen LogP contribution in [-0.2, 0) is 16.6 Å². The van der Waals surface area contributed by atoms with Gasteiger partial charge in [0, 0.05) is 23.7 Å². The van der Waals surface area contributed by atoms with Gasteiger partial charge in [0.15, 0.2) is 5.82 Å². The van der Waals surface area contributed by atoms with Gasteiger partial charge in [0.25, 0.3) is 10.0 Å². The van der Waals surface area contributed by atoms with Crippen LogP contribution >= 0.6 is 27.3 Å². The lowest BCUT2D eigenvalue weighted by Crippen LogP contribution is -2.14. The number of thiophene rings is 1. The van der Waals surface area contributed by atoms with E-state index in [0.29, 0.717) is 20.5 Å². The van der Waals surface area contributed by atoms with Crippen LogP contribution in [0.4, 0.5) is 5.82 Å². The first-order chi connectivity index (χ1) is 10.0. The quantitative estimate of drug-likeness (QED) is 0.798. The molecule has 112 valence electrons. The minimum Gasteiger partial charge on any atom is -0.309 e. The van der Waals surface area contributed by atoms with Crippen LogP contribution in [0.3, 0.4) is 0 Å². The van der Waals surface area contributed by atoms with Gasteiger partial charge in [-0.05, 0) is 53.0 Å². The number of sulfonamides is 1. The van der Waals surface area contributed by atoms with Crippen LogP contribution in [0.15, 0.2) is 39.1 Å². The SMILES string of the molecule is O=S(=O)(Nc1ncccc1Br)c1ccc(CNC2CC2)s1. The lowest BCUT2D eigenvalue weighted by Gasteiger charge is -2.06. The van der Waals surface area contributed by atoms with Gasteiger partial charge in [0.1, 0.15) is 4.21 Å². The molecule has 2 aromatic rings. The zero-order chi connectivity index (χ0) is 14.9. The zero-order valence-corrected chi connectivity index (χ0v) is 14.3. The second-order valence-corrected chi connectivity index (χ2v) is 8.75. The van der Waals surface area contributed by atoms with Crippen molar-refractivity contribution in [2.24, 2.45) is 0 Å². The van der Waals surface area contributed by atoms with Crippen LogP contribution < -0.4 is 10.0 Å². The summed E-state index contributed by atoms with van der Waals surface area (Å²) < 4.78 is 28.1. The zero-order valence-electron chi connectivity index (χ0n) is 11.0. The van der Waals surface area contributed by atoms with E-state index in [4.69, 9.17) is 0 Å². The highest BCUT2D eigenvalue weighted by atomic mass is 79.9. The van der Waals surface area contributed by atoms with E-state index in [0.717, 1.165) is 11.4 Å². The summed E-state index contributed by atoms with van der Waals surface area (Å²) >= 11 is 4.56. The molecule has 0 spiro atoms. The summed E-state index contributed by atoms with van der Waals surface area (Å²) in [5.74, 6) is 0.295. The molecular weight excluding hydrogens is 374 g/mol. The van der Waals surface area contributed by atoms with E-state index in [1.165, 1.54) is 24.2 Å². The highest BCUT2D eigenvalue weighted by Gasteiger charge is 2.22. The van der Waals surface area contributed by atoms with Gasteiger partial charge in [-0.15, -0.1) is 11.3 Å². The molecule has 1 aliphatic rings. The fraction of sp³-hybridized carbons (Fsp3) is 0.308. The van der Waals surface area contributed by atoms with Gasteiger partial charge >= 0.3 is 0 Å². The number of aromatic nitrogens is 1. The fourth-order valence-electron chi connectivity index (χ4n) is 1.77. The summed E-state index contributed by atoms with van der Waals surface area (Å²) in [7, 11) is -3.59. The van der Waals surface area contributed by atoms with Crippen molar-refractivity contribution in [1.29, 1.82) is 0 Å². The first kappa shape index (κ1) is 15.0. The standard InChI is InChI=1S/C13H14BrN3O2S2/c14-11-2-1-7-15-13(11)17-21(18,19)12-6-5-10(20-12)8-16-9-3-4-9/h1-2,5-7,9,16H,3-4,8H2,(H,15,17). The second kappa shape index (κ2) is 6.04. The van der Waals surface area contributed by atoms with Gasteiger partial charge in [0.2, 0.25) is 0 Å². The third-order valence-corrected chi connectivity index (χ3v) is 6.59. The predicted octanol–water partition coefficient (Wildman–Crippen LogP) is 2.96. The third-order valence-electron chi connectivity index (χ3n) is 3.03. The summed E-state index contributed by atoms with van der Waals surface area (Å²) in [6.07, 6.45) is 3.97. The van der Waals surface area contributed by atoms with E-state index >= 15 is 0 Å². The molecule has 0 radical (unpaired) electrons. The molecule has 2 N–H and O–H groups in total. The molecule has 2 heterocycles. The van der Waals surface area contributed by atoms with Crippen molar-refractivity contribution in [2.45, 2.75) is 29.6 Å². The third kappa shape index (κ3) is 3.82. The number of halogens is 1. The molecule has 0 aliphatic heterocycles. The highest BCUT2D eigenvalue weighted by Crippen LogP contribution is 2.27. The van der Waals surface area contributed by atoms with Gasteiger partial charge in [-0.25, -0.2) is 13.4 Å². The number of nitrogens with zero attached hydrogens (tertiary/aromatic N) is 1. The van der Waals surface area contributed by atoms with Gasteiger partial charge in [-0.1, -0.05) is 0 Å². The van der Waals surface area contributed by atoms with Gasteiger partial charge in [0.05, 0.1) is 4.47 Å². The molecular formula is C13H14BrN3O2S2. The number of hydrogen-bond acceptors (Lipinski definition) is 5. The van der Waals surface area contributed by atoms with Crippen LogP contribution in [-0.4, -0.2) is 19.4 Å². The molecule has 21 heavy (non-hydrogen) atoms. The van der Waals surface area contributed by atoms with E-state index in [1.807, 2.05) is 6.07 Å². The summed E-state index contributed by atoms with van der Waals surface area (Å²) in [6.45, 7) is 0.720. The van der Waals surface area contributed by atoms with Crippen LogP contribution in [0.1, 0.15) is 17.7 Å². The average molecular weight is 388 g/mol. The van der Waals surface area contributed by atoms with E-state index in [1.54, 1.807) is 24.4 Å². The Morgan fingerprint density at radius 2 is 2.14 bits per heavy atom. The molecule has 0 atom stereocenters. The Bertz CT molecular complexity index is 741. The first-order valence-corrected chi connectivity index (χ1v) is 9.59. The number of nitrogens with one attached hydrogen (secondary N) is 2. The minimum absolute atomic E-state index is 0.295. The van der Waals surface area contributed by atoms with Crippen LogP contribution in [0.2, 0.25) is 0 Å². The summed E-state index contributed by atoms with van der Waals surface area (Å²) in [6, 6.07) is 7.56. The van der Waals surface area contributed by atoms with E-state index in [9.17, 15) is 8.42 Å². The van der Waals surface area contributed by atoms with Crippen molar-refractivity contribution in [3.8, 4) is 0 Å². The highest BCUT2D eigenvalue weighted by molar-refractivity contribution is 9.10.